The van der Waals surface area contributed by atoms with Crippen molar-refractivity contribution in [2.75, 3.05) is 20.3 Å². The number of benzene rings is 1. The van der Waals surface area contributed by atoms with Gasteiger partial charge in [-0.3, -0.25) is 0 Å². The molecule has 2 aromatic rings. The van der Waals surface area contributed by atoms with Gasteiger partial charge < -0.3 is 9.47 Å². The molecule has 0 amide bonds. The van der Waals surface area contributed by atoms with Crippen LogP contribution in [0.25, 0.3) is 0 Å². The van der Waals surface area contributed by atoms with Gasteiger partial charge in [0.15, 0.2) is 0 Å². The fourth-order valence-corrected chi connectivity index (χ4v) is 3.89. The fourth-order valence-electron chi connectivity index (χ4n) is 1.85. The molecule has 7 heteroatoms. The maximum absolute atomic E-state index is 12.3. The third-order valence-corrected chi connectivity index (χ3v) is 5.60. The summed E-state index contributed by atoms with van der Waals surface area (Å²) in [6.45, 7) is 2.74. The van der Waals surface area contributed by atoms with E-state index in [-0.39, 0.29) is 10.9 Å². The predicted molar refractivity (Wildman–Crippen MR) is 86.9 cm³/mol. The van der Waals surface area contributed by atoms with Crippen LogP contribution in [0.15, 0.2) is 46.7 Å². The molecule has 0 aliphatic carbocycles. The van der Waals surface area contributed by atoms with Crippen LogP contribution in [0.2, 0.25) is 0 Å². The lowest BCUT2D eigenvalue weighted by Gasteiger charge is -2.13. The van der Waals surface area contributed by atoms with Crippen molar-refractivity contribution in [2.24, 2.45) is 0 Å². The number of sulfonamides is 1. The molecule has 0 aliphatic heterocycles. The lowest BCUT2D eigenvalue weighted by Crippen LogP contribution is -2.26. The van der Waals surface area contributed by atoms with E-state index in [1.54, 1.807) is 19.2 Å². The monoisotopic (exact) mass is 341 g/mol. The Kier molecular flexibility index (Phi) is 5.96. The number of hydrogen-bond acceptors (Lipinski definition) is 5. The molecule has 1 atom stereocenters. The first-order valence-electron chi connectivity index (χ1n) is 6.80. The second kappa shape index (κ2) is 7.73. The summed E-state index contributed by atoms with van der Waals surface area (Å²) >= 11 is 1.52. The van der Waals surface area contributed by atoms with E-state index in [0.29, 0.717) is 19.0 Å². The molecule has 0 fully saturated rings. The summed E-state index contributed by atoms with van der Waals surface area (Å²) in [5.74, 6) is 0.613. The van der Waals surface area contributed by atoms with Gasteiger partial charge in [0.1, 0.15) is 12.4 Å². The highest BCUT2D eigenvalue weighted by Crippen LogP contribution is 2.22. The largest absolute Gasteiger partial charge is 0.491 e. The quantitative estimate of drug-likeness (QED) is 0.750. The van der Waals surface area contributed by atoms with Crippen molar-refractivity contribution < 1.29 is 17.9 Å². The molecule has 0 bridgehead atoms. The number of ether oxygens (including phenoxy) is 2. The highest BCUT2D eigenvalue weighted by Gasteiger charge is 2.18. The standard InChI is InChI=1S/C15H19NO4S2/c1-12(15-4-3-11-21-15)16-22(17,18)14-7-5-13(6-8-14)20-10-9-19-2/h3-8,11-12,16H,9-10H2,1-2H3. The van der Waals surface area contributed by atoms with Crippen LogP contribution in [-0.4, -0.2) is 28.7 Å². The van der Waals surface area contributed by atoms with Crippen molar-refractivity contribution in [1.29, 1.82) is 0 Å². The minimum atomic E-state index is -3.55. The minimum absolute atomic E-state index is 0.218. The van der Waals surface area contributed by atoms with Crippen LogP contribution in [0.3, 0.4) is 0 Å². The number of nitrogens with one attached hydrogen (secondary N) is 1. The minimum Gasteiger partial charge on any atom is -0.491 e. The van der Waals surface area contributed by atoms with Gasteiger partial charge in [-0.25, -0.2) is 13.1 Å². The zero-order valence-electron chi connectivity index (χ0n) is 12.5. The number of thiophene rings is 1. The van der Waals surface area contributed by atoms with Gasteiger partial charge in [0.2, 0.25) is 10.0 Å². The summed E-state index contributed by atoms with van der Waals surface area (Å²) in [6.07, 6.45) is 0. The van der Waals surface area contributed by atoms with Crippen molar-refractivity contribution in [1.82, 2.24) is 4.72 Å². The molecule has 0 spiro atoms. The number of rotatable bonds is 8. The van der Waals surface area contributed by atoms with Crippen molar-refractivity contribution in [3.63, 3.8) is 0 Å². The third-order valence-electron chi connectivity index (χ3n) is 2.99. The Morgan fingerprint density at radius 3 is 2.50 bits per heavy atom. The zero-order chi connectivity index (χ0) is 16.0. The van der Waals surface area contributed by atoms with Crippen LogP contribution in [-0.2, 0) is 14.8 Å². The molecule has 2 rings (SSSR count). The highest BCUT2D eigenvalue weighted by atomic mass is 32.2. The first-order valence-corrected chi connectivity index (χ1v) is 9.17. The maximum atomic E-state index is 12.3. The van der Waals surface area contributed by atoms with Crippen molar-refractivity contribution in [2.45, 2.75) is 17.9 Å². The van der Waals surface area contributed by atoms with E-state index in [9.17, 15) is 8.42 Å². The van der Waals surface area contributed by atoms with Crippen LogP contribution < -0.4 is 9.46 Å². The number of hydrogen-bond donors (Lipinski definition) is 1. The first kappa shape index (κ1) is 17.0. The van der Waals surface area contributed by atoms with Crippen molar-refractivity contribution >= 4 is 21.4 Å². The van der Waals surface area contributed by atoms with Gasteiger partial charge >= 0.3 is 0 Å². The molecular formula is C15H19NO4S2. The molecule has 1 aromatic heterocycles. The zero-order valence-corrected chi connectivity index (χ0v) is 14.1. The van der Waals surface area contributed by atoms with E-state index in [0.717, 1.165) is 4.88 Å². The Labute approximate surface area is 134 Å². The Hall–Kier alpha value is -1.41. The molecule has 22 heavy (non-hydrogen) atoms. The van der Waals surface area contributed by atoms with Crippen molar-refractivity contribution in [3.05, 3.63) is 46.7 Å². The Morgan fingerprint density at radius 2 is 1.91 bits per heavy atom. The van der Waals surface area contributed by atoms with E-state index in [1.807, 2.05) is 24.4 Å². The average molecular weight is 341 g/mol. The van der Waals surface area contributed by atoms with Gasteiger partial charge in [0, 0.05) is 12.0 Å². The van der Waals surface area contributed by atoms with Crippen LogP contribution >= 0.6 is 11.3 Å². The van der Waals surface area contributed by atoms with Gasteiger partial charge in [0.25, 0.3) is 0 Å². The average Bonchev–Trinajstić information content (AvgIpc) is 3.02. The summed E-state index contributed by atoms with van der Waals surface area (Å²) in [5.41, 5.74) is 0. The summed E-state index contributed by atoms with van der Waals surface area (Å²) in [4.78, 5) is 1.19. The molecular weight excluding hydrogens is 322 g/mol. The SMILES string of the molecule is COCCOc1ccc(S(=O)(=O)NC(C)c2cccs2)cc1. The van der Waals surface area contributed by atoms with Crippen LogP contribution in [0.5, 0.6) is 5.75 Å². The van der Waals surface area contributed by atoms with Gasteiger partial charge in [-0.1, -0.05) is 6.07 Å². The lowest BCUT2D eigenvalue weighted by atomic mass is 10.3. The first-order chi connectivity index (χ1) is 10.5. The van der Waals surface area contributed by atoms with E-state index >= 15 is 0 Å². The van der Waals surface area contributed by atoms with E-state index in [4.69, 9.17) is 9.47 Å². The lowest BCUT2D eigenvalue weighted by molar-refractivity contribution is 0.146. The van der Waals surface area contributed by atoms with Gasteiger partial charge in [-0.15, -0.1) is 11.3 Å². The van der Waals surface area contributed by atoms with Crippen LogP contribution in [0.4, 0.5) is 0 Å². The van der Waals surface area contributed by atoms with Gasteiger partial charge in [-0.05, 0) is 42.6 Å². The van der Waals surface area contributed by atoms with Gasteiger partial charge in [0.05, 0.1) is 17.5 Å². The van der Waals surface area contributed by atoms with E-state index in [2.05, 4.69) is 4.72 Å². The fraction of sp³-hybridized carbons (Fsp3) is 0.333. The van der Waals surface area contributed by atoms with Crippen LogP contribution in [0, 0.1) is 0 Å². The molecule has 0 aliphatic rings. The molecule has 1 heterocycles. The molecule has 5 nitrogen and oxygen atoms in total. The van der Waals surface area contributed by atoms with Gasteiger partial charge in [-0.2, -0.15) is 0 Å². The second-order valence-corrected chi connectivity index (χ2v) is 7.36. The summed E-state index contributed by atoms with van der Waals surface area (Å²) in [5, 5.41) is 1.92. The summed E-state index contributed by atoms with van der Waals surface area (Å²) < 4.78 is 37.7. The van der Waals surface area contributed by atoms with Crippen molar-refractivity contribution in [3.8, 4) is 5.75 Å². The molecule has 0 saturated heterocycles. The van der Waals surface area contributed by atoms with E-state index < -0.39 is 10.0 Å². The second-order valence-electron chi connectivity index (χ2n) is 4.67. The molecule has 0 saturated carbocycles. The number of methoxy groups -OCH3 is 1. The smallest absolute Gasteiger partial charge is 0.241 e. The highest BCUT2D eigenvalue weighted by molar-refractivity contribution is 7.89. The molecule has 1 N–H and O–H groups in total. The Morgan fingerprint density at radius 1 is 1.18 bits per heavy atom. The molecule has 1 aromatic carbocycles. The topological polar surface area (TPSA) is 64.6 Å². The summed E-state index contributed by atoms with van der Waals surface area (Å²) in [6, 6.07) is 9.89. The molecule has 1 unspecified atom stereocenters. The van der Waals surface area contributed by atoms with E-state index in [1.165, 1.54) is 23.5 Å². The molecule has 0 radical (unpaired) electrons. The van der Waals surface area contributed by atoms with Crippen LogP contribution in [0.1, 0.15) is 17.8 Å². The Bertz CT molecular complexity index is 666. The predicted octanol–water partition coefficient (Wildman–Crippen LogP) is 2.81. The molecule has 120 valence electrons. The maximum Gasteiger partial charge on any atom is 0.241 e. The Balaban J connectivity index is 2.03. The third kappa shape index (κ3) is 4.54. The summed E-state index contributed by atoms with van der Waals surface area (Å²) in [7, 11) is -1.95. The normalized spacial score (nSPS) is 13.0.